The highest BCUT2D eigenvalue weighted by Crippen LogP contribution is 2.32. The molecule has 2 N–H and O–H groups in total. The number of nitrogens with one attached hydrogen (secondary N) is 1. The molecule has 2 aliphatic rings. The van der Waals surface area contributed by atoms with Gasteiger partial charge in [-0.2, -0.15) is 5.26 Å². The molecule has 6 nitrogen and oxygen atoms in total. The van der Waals surface area contributed by atoms with Gasteiger partial charge in [0.05, 0.1) is 6.07 Å². The summed E-state index contributed by atoms with van der Waals surface area (Å²) in [5.74, 6) is 0.191. The van der Waals surface area contributed by atoms with Crippen LogP contribution in [0.2, 0.25) is 0 Å². The van der Waals surface area contributed by atoms with Crippen molar-refractivity contribution in [3.63, 3.8) is 0 Å². The molecule has 0 heterocycles. The lowest BCUT2D eigenvalue weighted by Crippen LogP contribution is -2.52. The molecule has 0 aromatic heterocycles. The van der Waals surface area contributed by atoms with Gasteiger partial charge < -0.3 is 10.4 Å². The predicted molar refractivity (Wildman–Crippen MR) is 67.4 cm³/mol. The lowest BCUT2D eigenvalue weighted by Gasteiger charge is -2.31. The standard InChI is InChI=1S/C13H19N3O3/c14-8-11(9-6-7-9)15-12(17)16(13(18)19)10-4-2-1-3-5-10/h9-11H,1-7H2,(H,15,17)(H,18,19). The maximum atomic E-state index is 12.1. The quantitative estimate of drug-likeness (QED) is 0.818. The molecule has 0 bridgehead atoms. The second-order valence-corrected chi connectivity index (χ2v) is 5.34. The third-order valence-electron chi connectivity index (χ3n) is 3.88. The monoisotopic (exact) mass is 265 g/mol. The molecule has 2 aliphatic carbocycles. The van der Waals surface area contributed by atoms with Gasteiger partial charge in [-0.1, -0.05) is 19.3 Å². The number of carbonyl (C=O) groups is 2. The molecule has 1 unspecified atom stereocenters. The number of hydrogen-bond acceptors (Lipinski definition) is 3. The third-order valence-corrected chi connectivity index (χ3v) is 3.88. The Balaban J connectivity index is 1.99. The van der Waals surface area contributed by atoms with Gasteiger partial charge in [0.25, 0.3) is 0 Å². The molecule has 0 aromatic rings. The van der Waals surface area contributed by atoms with E-state index in [1.54, 1.807) is 0 Å². The van der Waals surface area contributed by atoms with Crippen LogP contribution >= 0.6 is 0 Å². The van der Waals surface area contributed by atoms with Crippen molar-refractivity contribution in [3.05, 3.63) is 0 Å². The Kier molecular flexibility index (Phi) is 4.25. The van der Waals surface area contributed by atoms with Gasteiger partial charge in [-0.15, -0.1) is 0 Å². The van der Waals surface area contributed by atoms with E-state index in [-0.39, 0.29) is 12.0 Å². The number of rotatable bonds is 3. The topological polar surface area (TPSA) is 93.4 Å². The first-order chi connectivity index (χ1) is 9.13. The molecule has 19 heavy (non-hydrogen) atoms. The van der Waals surface area contributed by atoms with Crippen LogP contribution in [0.5, 0.6) is 0 Å². The summed E-state index contributed by atoms with van der Waals surface area (Å²) in [5, 5.41) is 20.8. The van der Waals surface area contributed by atoms with E-state index in [1.165, 1.54) is 0 Å². The summed E-state index contributed by atoms with van der Waals surface area (Å²) in [4.78, 5) is 24.2. The molecule has 2 fully saturated rings. The number of imide groups is 1. The van der Waals surface area contributed by atoms with E-state index >= 15 is 0 Å². The van der Waals surface area contributed by atoms with Gasteiger partial charge >= 0.3 is 12.1 Å². The minimum atomic E-state index is -1.23. The molecule has 0 radical (unpaired) electrons. The summed E-state index contributed by atoms with van der Waals surface area (Å²) >= 11 is 0. The highest BCUT2D eigenvalue weighted by atomic mass is 16.4. The van der Waals surface area contributed by atoms with Crippen LogP contribution in [0.1, 0.15) is 44.9 Å². The van der Waals surface area contributed by atoms with Gasteiger partial charge in [-0.3, -0.25) is 0 Å². The minimum absolute atomic E-state index is 0.191. The van der Waals surface area contributed by atoms with Crippen LogP contribution in [-0.4, -0.2) is 34.2 Å². The normalized spacial score (nSPS) is 21.2. The molecule has 6 heteroatoms. The lowest BCUT2D eigenvalue weighted by atomic mass is 9.94. The molecule has 104 valence electrons. The zero-order valence-electron chi connectivity index (χ0n) is 10.8. The van der Waals surface area contributed by atoms with E-state index in [0.29, 0.717) is 0 Å². The Labute approximate surface area is 112 Å². The van der Waals surface area contributed by atoms with Crippen molar-refractivity contribution in [2.45, 2.75) is 57.0 Å². The summed E-state index contributed by atoms with van der Waals surface area (Å²) in [6.45, 7) is 0. The van der Waals surface area contributed by atoms with E-state index in [0.717, 1.165) is 49.8 Å². The average Bonchev–Trinajstić information content (AvgIpc) is 3.21. The summed E-state index contributed by atoms with van der Waals surface area (Å²) in [5.41, 5.74) is 0. The zero-order valence-corrected chi connectivity index (χ0v) is 10.8. The maximum absolute atomic E-state index is 12.1. The van der Waals surface area contributed by atoms with Crippen LogP contribution in [0.4, 0.5) is 9.59 Å². The first-order valence-corrected chi connectivity index (χ1v) is 6.85. The first-order valence-electron chi connectivity index (χ1n) is 6.85. The average molecular weight is 265 g/mol. The van der Waals surface area contributed by atoms with Gasteiger partial charge in [0.15, 0.2) is 0 Å². The molecule has 0 aliphatic heterocycles. The highest BCUT2D eigenvalue weighted by molar-refractivity contribution is 5.90. The predicted octanol–water partition coefficient (Wildman–Crippen LogP) is 2.31. The van der Waals surface area contributed by atoms with Crippen molar-refractivity contribution in [2.75, 3.05) is 0 Å². The van der Waals surface area contributed by atoms with Crippen LogP contribution in [0.3, 0.4) is 0 Å². The second-order valence-electron chi connectivity index (χ2n) is 5.34. The van der Waals surface area contributed by atoms with Crippen molar-refractivity contribution in [2.24, 2.45) is 5.92 Å². The summed E-state index contributed by atoms with van der Waals surface area (Å²) in [7, 11) is 0. The molecular weight excluding hydrogens is 246 g/mol. The SMILES string of the molecule is N#CC(NC(=O)N(C(=O)O)C1CCCCC1)C1CC1. The Bertz CT molecular complexity index is 394. The van der Waals surface area contributed by atoms with Gasteiger partial charge in [0, 0.05) is 6.04 Å². The fourth-order valence-electron chi connectivity index (χ4n) is 2.64. The van der Waals surface area contributed by atoms with Crippen LogP contribution < -0.4 is 5.32 Å². The molecule has 0 aromatic carbocycles. The summed E-state index contributed by atoms with van der Waals surface area (Å²) < 4.78 is 0. The van der Waals surface area contributed by atoms with E-state index < -0.39 is 18.2 Å². The van der Waals surface area contributed by atoms with Gasteiger partial charge in [-0.05, 0) is 31.6 Å². The van der Waals surface area contributed by atoms with Crippen LogP contribution in [0, 0.1) is 17.2 Å². The zero-order chi connectivity index (χ0) is 13.8. The first kappa shape index (κ1) is 13.7. The second kappa shape index (κ2) is 5.91. The maximum Gasteiger partial charge on any atom is 0.415 e. The third kappa shape index (κ3) is 3.37. The number of carboxylic acid groups (broad SMARTS) is 1. The highest BCUT2D eigenvalue weighted by Gasteiger charge is 2.36. The molecule has 3 amide bonds. The summed E-state index contributed by atoms with van der Waals surface area (Å²) in [6.07, 6.45) is 5.06. The van der Waals surface area contributed by atoms with Crippen molar-refractivity contribution in [1.82, 2.24) is 10.2 Å². The molecule has 2 rings (SSSR count). The number of nitriles is 1. The molecule has 1 atom stereocenters. The molecule has 2 saturated carbocycles. The van der Waals surface area contributed by atoms with Crippen LogP contribution in [-0.2, 0) is 0 Å². The molecular formula is C13H19N3O3. The fraction of sp³-hybridized carbons (Fsp3) is 0.769. The van der Waals surface area contributed by atoms with Crippen molar-refractivity contribution in [3.8, 4) is 6.07 Å². The van der Waals surface area contributed by atoms with E-state index in [2.05, 4.69) is 5.32 Å². The largest absolute Gasteiger partial charge is 0.465 e. The van der Waals surface area contributed by atoms with E-state index in [1.807, 2.05) is 6.07 Å². The fourth-order valence-corrected chi connectivity index (χ4v) is 2.64. The number of carbonyl (C=O) groups excluding carboxylic acids is 1. The van der Waals surface area contributed by atoms with Crippen molar-refractivity contribution in [1.29, 1.82) is 5.26 Å². The van der Waals surface area contributed by atoms with Gasteiger partial charge in [0.1, 0.15) is 6.04 Å². The molecule has 0 saturated heterocycles. The Morgan fingerprint density at radius 3 is 2.32 bits per heavy atom. The number of urea groups is 1. The van der Waals surface area contributed by atoms with E-state index in [4.69, 9.17) is 5.26 Å². The minimum Gasteiger partial charge on any atom is -0.465 e. The van der Waals surface area contributed by atoms with Crippen molar-refractivity contribution < 1.29 is 14.7 Å². The molecule has 0 spiro atoms. The van der Waals surface area contributed by atoms with Crippen LogP contribution in [0.25, 0.3) is 0 Å². The lowest BCUT2D eigenvalue weighted by molar-refractivity contribution is 0.120. The van der Waals surface area contributed by atoms with E-state index in [9.17, 15) is 14.7 Å². The number of hydrogen-bond donors (Lipinski definition) is 2. The Morgan fingerprint density at radius 1 is 1.21 bits per heavy atom. The number of nitrogens with zero attached hydrogens (tertiary/aromatic N) is 2. The van der Waals surface area contributed by atoms with Gasteiger partial charge in [-0.25, -0.2) is 14.5 Å². The number of amides is 3. The smallest absolute Gasteiger partial charge is 0.415 e. The Hall–Kier alpha value is -1.77. The van der Waals surface area contributed by atoms with Gasteiger partial charge in [0.2, 0.25) is 0 Å². The summed E-state index contributed by atoms with van der Waals surface area (Å²) in [6, 6.07) is 0.596. The van der Waals surface area contributed by atoms with Crippen LogP contribution in [0.15, 0.2) is 0 Å². The Morgan fingerprint density at radius 2 is 1.84 bits per heavy atom. The van der Waals surface area contributed by atoms with Crippen molar-refractivity contribution >= 4 is 12.1 Å².